The van der Waals surface area contributed by atoms with Gasteiger partial charge in [-0.05, 0) is 19.3 Å². The first-order valence-electron chi connectivity index (χ1n) is 7.85. The molecule has 0 aromatic carbocycles. The first-order valence-corrected chi connectivity index (χ1v) is 7.85. The van der Waals surface area contributed by atoms with E-state index in [-0.39, 0.29) is 24.3 Å². The lowest BCUT2D eigenvalue weighted by Crippen LogP contribution is -2.44. The van der Waals surface area contributed by atoms with Crippen molar-refractivity contribution in [2.24, 2.45) is 5.92 Å². The van der Waals surface area contributed by atoms with Crippen LogP contribution < -0.4 is 5.32 Å². The van der Waals surface area contributed by atoms with Crippen LogP contribution >= 0.6 is 0 Å². The molecular formula is C15H24N2O4. The average Bonchev–Trinajstić information content (AvgIpc) is 3.06. The second-order valence-electron chi connectivity index (χ2n) is 6.07. The van der Waals surface area contributed by atoms with Gasteiger partial charge in [0.05, 0.1) is 5.92 Å². The van der Waals surface area contributed by atoms with Crippen molar-refractivity contribution < 1.29 is 19.5 Å². The van der Waals surface area contributed by atoms with E-state index in [1.165, 1.54) is 0 Å². The summed E-state index contributed by atoms with van der Waals surface area (Å²) < 4.78 is 0. The number of likely N-dealkylation sites (tertiary alicyclic amines) is 1. The van der Waals surface area contributed by atoms with Crippen LogP contribution in [0.2, 0.25) is 0 Å². The maximum absolute atomic E-state index is 12.2. The zero-order chi connectivity index (χ0) is 15.4. The SMILES string of the molecule is CCC[C@@H](NC(=O)C1CC(=O)N(C2CCCC2)C1)C(=O)O. The van der Waals surface area contributed by atoms with E-state index >= 15 is 0 Å². The van der Waals surface area contributed by atoms with Crippen molar-refractivity contribution in [1.29, 1.82) is 0 Å². The molecule has 1 unspecified atom stereocenters. The molecule has 0 radical (unpaired) electrons. The van der Waals surface area contributed by atoms with Crippen molar-refractivity contribution in [1.82, 2.24) is 10.2 Å². The molecule has 1 saturated heterocycles. The van der Waals surface area contributed by atoms with Gasteiger partial charge in [-0.2, -0.15) is 0 Å². The Kier molecular flexibility index (Phi) is 5.20. The molecule has 0 aromatic rings. The van der Waals surface area contributed by atoms with Crippen LogP contribution in [0, 0.1) is 5.92 Å². The van der Waals surface area contributed by atoms with Gasteiger partial charge in [-0.1, -0.05) is 26.2 Å². The van der Waals surface area contributed by atoms with Gasteiger partial charge >= 0.3 is 5.97 Å². The lowest BCUT2D eigenvalue weighted by molar-refractivity contribution is -0.142. The van der Waals surface area contributed by atoms with E-state index in [0.29, 0.717) is 19.4 Å². The molecule has 118 valence electrons. The van der Waals surface area contributed by atoms with Crippen molar-refractivity contribution >= 4 is 17.8 Å². The van der Waals surface area contributed by atoms with Crippen LogP contribution in [0.5, 0.6) is 0 Å². The first kappa shape index (κ1) is 15.8. The number of rotatable bonds is 6. The number of carbonyl (C=O) groups is 3. The highest BCUT2D eigenvalue weighted by molar-refractivity contribution is 5.91. The lowest BCUT2D eigenvalue weighted by Gasteiger charge is -2.24. The second-order valence-corrected chi connectivity index (χ2v) is 6.07. The Morgan fingerprint density at radius 1 is 1.38 bits per heavy atom. The Labute approximate surface area is 124 Å². The predicted octanol–water partition coefficient (Wildman–Crippen LogP) is 1.15. The zero-order valence-corrected chi connectivity index (χ0v) is 12.5. The summed E-state index contributed by atoms with van der Waals surface area (Å²) in [5.74, 6) is -1.69. The molecule has 6 nitrogen and oxygen atoms in total. The van der Waals surface area contributed by atoms with Gasteiger partial charge in [0, 0.05) is 19.0 Å². The molecule has 6 heteroatoms. The number of hydrogen-bond acceptors (Lipinski definition) is 3. The second kappa shape index (κ2) is 6.91. The van der Waals surface area contributed by atoms with Gasteiger partial charge in [0.15, 0.2) is 0 Å². The molecule has 1 saturated carbocycles. The summed E-state index contributed by atoms with van der Waals surface area (Å²) in [6, 6.07) is -0.570. The molecule has 0 bridgehead atoms. The summed E-state index contributed by atoms with van der Waals surface area (Å²) in [4.78, 5) is 37.2. The molecule has 2 aliphatic rings. The van der Waals surface area contributed by atoms with E-state index in [0.717, 1.165) is 25.7 Å². The highest BCUT2D eigenvalue weighted by atomic mass is 16.4. The molecule has 2 N–H and O–H groups in total. The van der Waals surface area contributed by atoms with Crippen LogP contribution in [-0.4, -0.2) is 46.4 Å². The summed E-state index contributed by atoms with van der Waals surface area (Å²) in [5.41, 5.74) is 0. The molecular weight excluding hydrogens is 272 g/mol. The van der Waals surface area contributed by atoms with Crippen molar-refractivity contribution in [3.05, 3.63) is 0 Å². The Hall–Kier alpha value is -1.59. The standard InChI is InChI=1S/C15H24N2O4/c1-2-5-12(15(20)21)16-14(19)10-8-13(18)17(9-10)11-6-3-4-7-11/h10-12H,2-9H2,1H3,(H,16,19)(H,20,21)/t10?,12-/m1/s1. The van der Waals surface area contributed by atoms with Crippen LogP contribution in [0.25, 0.3) is 0 Å². The van der Waals surface area contributed by atoms with Crippen LogP contribution in [-0.2, 0) is 14.4 Å². The predicted molar refractivity (Wildman–Crippen MR) is 76.6 cm³/mol. The molecule has 0 spiro atoms. The lowest BCUT2D eigenvalue weighted by atomic mass is 10.1. The van der Waals surface area contributed by atoms with Gasteiger partial charge in [-0.25, -0.2) is 4.79 Å². The van der Waals surface area contributed by atoms with E-state index in [2.05, 4.69) is 5.32 Å². The summed E-state index contributed by atoms with van der Waals surface area (Å²) >= 11 is 0. The van der Waals surface area contributed by atoms with Crippen LogP contribution in [0.4, 0.5) is 0 Å². The van der Waals surface area contributed by atoms with Gasteiger partial charge in [0.2, 0.25) is 11.8 Å². The smallest absolute Gasteiger partial charge is 0.326 e. The van der Waals surface area contributed by atoms with Gasteiger partial charge in [0.1, 0.15) is 6.04 Å². The van der Waals surface area contributed by atoms with Crippen LogP contribution in [0.1, 0.15) is 51.9 Å². The number of hydrogen-bond donors (Lipinski definition) is 2. The first-order chi connectivity index (χ1) is 10.0. The van der Waals surface area contributed by atoms with E-state index in [1.54, 1.807) is 0 Å². The van der Waals surface area contributed by atoms with E-state index < -0.39 is 17.9 Å². The van der Waals surface area contributed by atoms with E-state index in [4.69, 9.17) is 5.11 Å². The van der Waals surface area contributed by atoms with Crippen LogP contribution in [0.3, 0.4) is 0 Å². The number of amides is 2. The molecule has 0 aromatic heterocycles. The van der Waals surface area contributed by atoms with Gasteiger partial charge in [-0.3, -0.25) is 9.59 Å². The molecule has 1 heterocycles. The number of nitrogens with one attached hydrogen (secondary N) is 1. The molecule has 1 aliphatic heterocycles. The van der Waals surface area contributed by atoms with Crippen molar-refractivity contribution in [3.63, 3.8) is 0 Å². The number of aliphatic carboxylic acids is 1. The third-order valence-corrected chi connectivity index (χ3v) is 4.49. The van der Waals surface area contributed by atoms with Gasteiger partial charge in [-0.15, -0.1) is 0 Å². The third kappa shape index (κ3) is 3.74. The van der Waals surface area contributed by atoms with Crippen molar-refractivity contribution in [3.8, 4) is 0 Å². The number of carboxylic acid groups (broad SMARTS) is 1. The Morgan fingerprint density at radius 2 is 2.05 bits per heavy atom. The van der Waals surface area contributed by atoms with Crippen molar-refractivity contribution in [2.75, 3.05) is 6.54 Å². The van der Waals surface area contributed by atoms with Crippen molar-refractivity contribution in [2.45, 2.75) is 64.0 Å². The maximum Gasteiger partial charge on any atom is 0.326 e. The number of carbonyl (C=O) groups excluding carboxylic acids is 2. The fraction of sp³-hybridized carbons (Fsp3) is 0.800. The van der Waals surface area contributed by atoms with Crippen LogP contribution in [0.15, 0.2) is 0 Å². The third-order valence-electron chi connectivity index (χ3n) is 4.49. The topological polar surface area (TPSA) is 86.7 Å². The molecule has 2 fully saturated rings. The van der Waals surface area contributed by atoms with Gasteiger partial charge in [0.25, 0.3) is 0 Å². The molecule has 2 rings (SSSR count). The van der Waals surface area contributed by atoms with E-state index in [9.17, 15) is 14.4 Å². The minimum Gasteiger partial charge on any atom is -0.480 e. The Bertz CT molecular complexity index is 418. The maximum atomic E-state index is 12.2. The minimum absolute atomic E-state index is 0.0319. The fourth-order valence-corrected chi connectivity index (χ4v) is 3.31. The normalized spacial score (nSPS) is 24.3. The summed E-state index contributed by atoms with van der Waals surface area (Å²) in [7, 11) is 0. The number of nitrogens with zero attached hydrogens (tertiary/aromatic N) is 1. The summed E-state index contributed by atoms with van der Waals surface area (Å²) in [6.45, 7) is 2.32. The minimum atomic E-state index is -1.01. The zero-order valence-electron chi connectivity index (χ0n) is 12.5. The summed E-state index contributed by atoms with van der Waals surface area (Å²) in [6.07, 6.45) is 5.64. The monoisotopic (exact) mass is 296 g/mol. The number of carboxylic acids is 1. The Balaban J connectivity index is 1.91. The Morgan fingerprint density at radius 3 is 2.62 bits per heavy atom. The molecule has 2 amide bonds. The molecule has 1 aliphatic carbocycles. The summed E-state index contributed by atoms with van der Waals surface area (Å²) in [5, 5.41) is 11.7. The quantitative estimate of drug-likeness (QED) is 0.769. The van der Waals surface area contributed by atoms with E-state index in [1.807, 2.05) is 11.8 Å². The van der Waals surface area contributed by atoms with Gasteiger partial charge < -0.3 is 15.3 Å². The molecule has 2 atom stereocenters. The largest absolute Gasteiger partial charge is 0.480 e. The fourth-order valence-electron chi connectivity index (χ4n) is 3.31. The average molecular weight is 296 g/mol. The molecule has 21 heavy (non-hydrogen) atoms. The highest BCUT2D eigenvalue weighted by Crippen LogP contribution is 2.29. The highest BCUT2D eigenvalue weighted by Gasteiger charge is 2.39.